The molecule has 1 aromatic carbocycles. The summed E-state index contributed by atoms with van der Waals surface area (Å²) in [5.41, 5.74) is 6.51. The first-order valence-electron chi connectivity index (χ1n) is 8.74. The molecular weight excluding hydrogens is 324 g/mol. The molecule has 2 nitrogen and oxygen atoms in total. The molecule has 0 atom stereocenters. The summed E-state index contributed by atoms with van der Waals surface area (Å²) in [6.07, 6.45) is 7.47. The summed E-state index contributed by atoms with van der Waals surface area (Å²) >= 11 is 1.84. The summed E-state index contributed by atoms with van der Waals surface area (Å²) in [4.78, 5) is 8.38. The minimum Gasteiger partial charge on any atom is -0.295 e. The van der Waals surface area contributed by atoms with Crippen molar-refractivity contribution in [3.8, 4) is 11.1 Å². The molecule has 0 bridgehead atoms. The van der Waals surface area contributed by atoms with Crippen LogP contribution in [0.5, 0.6) is 0 Å². The van der Waals surface area contributed by atoms with Gasteiger partial charge >= 0.3 is 0 Å². The highest BCUT2D eigenvalue weighted by molar-refractivity contribution is 7.11. The number of pyridine rings is 1. The van der Waals surface area contributed by atoms with Crippen molar-refractivity contribution in [2.45, 2.75) is 19.9 Å². The van der Waals surface area contributed by atoms with Gasteiger partial charge in [-0.2, -0.15) is 0 Å². The van der Waals surface area contributed by atoms with E-state index in [1.54, 1.807) is 0 Å². The van der Waals surface area contributed by atoms with E-state index >= 15 is 0 Å². The van der Waals surface area contributed by atoms with E-state index in [1.807, 2.05) is 23.7 Å². The van der Waals surface area contributed by atoms with Crippen molar-refractivity contribution in [3.63, 3.8) is 0 Å². The molecule has 0 radical (unpaired) electrons. The number of benzene rings is 1. The Morgan fingerprint density at radius 1 is 1.08 bits per heavy atom. The molecule has 0 N–H and O–H groups in total. The van der Waals surface area contributed by atoms with Gasteiger partial charge in [0.1, 0.15) is 0 Å². The molecule has 0 saturated carbocycles. The van der Waals surface area contributed by atoms with E-state index < -0.39 is 0 Å². The number of hydrogen-bond donors (Lipinski definition) is 0. The van der Waals surface area contributed by atoms with Gasteiger partial charge in [-0.15, -0.1) is 11.3 Å². The van der Waals surface area contributed by atoms with Crippen LogP contribution in [0.25, 0.3) is 16.7 Å². The Morgan fingerprint density at radius 3 is 2.80 bits per heavy atom. The highest BCUT2D eigenvalue weighted by Crippen LogP contribution is 2.27. The molecule has 3 heterocycles. The Morgan fingerprint density at radius 2 is 2.04 bits per heavy atom. The summed E-state index contributed by atoms with van der Waals surface area (Å²) in [5, 5.41) is 2.16. The number of aromatic nitrogens is 1. The summed E-state index contributed by atoms with van der Waals surface area (Å²) in [6.45, 7) is 5.22. The fraction of sp³-hybridized carbons (Fsp3) is 0.227. The third kappa shape index (κ3) is 3.89. The van der Waals surface area contributed by atoms with Crippen molar-refractivity contribution in [2.75, 3.05) is 13.1 Å². The van der Waals surface area contributed by atoms with Crippen LogP contribution >= 0.6 is 11.3 Å². The van der Waals surface area contributed by atoms with E-state index in [1.165, 1.54) is 32.7 Å². The smallest absolute Gasteiger partial charge is 0.0346 e. The van der Waals surface area contributed by atoms with Crippen molar-refractivity contribution >= 4 is 16.9 Å². The van der Waals surface area contributed by atoms with Gasteiger partial charge < -0.3 is 0 Å². The molecule has 3 heteroatoms. The fourth-order valence-electron chi connectivity index (χ4n) is 3.35. The normalized spacial score (nSPS) is 15.2. The summed E-state index contributed by atoms with van der Waals surface area (Å²) < 4.78 is 0. The van der Waals surface area contributed by atoms with Gasteiger partial charge in [0.15, 0.2) is 0 Å². The lowest BCUT2D eigenvalue weighted by molar-refractivity contribution is 0.294. The first-order valence-corrected chi connectivity index (χ1v) is 9.62. The third-order valence-corrected chi connectivity index (χ3v) is 5.63. The monoisotopic (exact) mass is 346 g/mol. The van der Waals surface area contributed by atoms with E-state index in [4.69, 9.17) is 0 Å². The number of nitrogens with zero attached hydrogens (tertiary/aromatic N) is 2. The zero-order valence-corrected chi connectivity index (χ0v) is 15.3. The lowest BCUT2D eigenvalue weighted by Crippen LogP contribution is -2.27. The molecule has 0 fully saturated rings. The molecule has 1 aliphatic rings. The number of aryl methyl sites for hydroxylation is 1. The maximum Gasteiger partial charge on any atom is 0.0346 e. The highest BCUT2D eigenvalue weighted by Gasteiger charge is 2.14. The average Bonchev–Trinajstić information content (AvgIpc) is 3.17. The Balaban J connectivity index is 1.46. The number of rotatable bonds is 4. The van der Waals surface area contributed by atoms with Crippen LogP contribution in [-0.2, 0) is 6.54 Å². The lowest BCUT2D eigenvalue weighted by atomic mass is 10.0. The maximum absolute atomic E-state index is 4.47. The Bertz CT molecular complexity index is 881. The van der Waals surface area contributed by atoms with Crippen molar-refractivity contribution < 1.29 is 0 Å². The van der Waals surface area contributed by atoms with Gasteiger partial charge in [0.05, 0.1) is 0 Å². The van der Waals surface area contributed by atoms with Crippen LogP contribution in [0.4, 0.5) is 0 Å². The van der Waals surface area contributed by atoms with Crippen LogP contribution in [-0.4, -0.2) is 23.0 Å². The molecule has 0 aliphatic carbocycles. The molecule has 3 aromatic rings. The van der Waals surface area contributed by atoms with Crippen molar-refractivity contribution in [1.82, 2.24) is 9.88 Å². The van der Waals surface area contributed by atoms with Crippen LogP contribution in [0.15, 0.2) is 66.3 Å². The predicted octanol–water partition coefficient (Wildman–Crippen LogP) is 5.41. The number of thiophene rings is 1. The summed E-state index contributed by atoms with van der Waals surface area (Å²) in [6, 6.07) is 15.3. The molecule has 126 valence electrons. The standard InChI is InChI=1S/C22H22N2S/c1-17-4-2-5-20(12-17)21-13-18(14-23-15-21)16-24-9-7-19(8-10-24)22-6-3-11-25-22/h2-7,11-15H,8-10,16H2,1H3. The third-order valence-electron chi connectivity index (χ3n) is 4.68. The summed E-state index contributed by atoms with van der Waals surface area (Å²) in [5.74, 6) is 0. The van der Waals surface area contributed by atoms with Gasteiger partial charge in [-0.1, -0.05) is 42.0 Å². The average molecular weight is 346 g/mol. The Labute approximate surface area is 153 Å². The zero-order valence-electron chi connectivity index (χ0n) is 14.5. The predicted molar refractivity (Wildman–Crippen MR) is 107 cm³/mol. The van der Waals surface area contributed by atoms with E-state index in [-0.39, 0.29) is 0 Å². The Kier molecular flexibility index (Phi) is 4.77. The van der Waals surface area contributed by atoms with E-state index in [0.29, 0.717) is 0 Å². The highest BCUT2D eigenvalue weighted by atomic mass is 32.1. The Hall–Kier alpha value is -2.23. The first kappa shape index (κ1) is 16.2. The van der Waals surface area contributed by atoms with Gasteiger partial charge in [-0.25, -0.2) is 0 Å². The maximum atomic E-state index is 4.47. The second-order valence-electron chi connectivity index (χ2n) is 6.64. The molecule has 0 saturated heterocycles. The van der Waals surface area contributed by atoms with Crippen LogP contribution in [0.2, 0.25) is 0 Å². The zero-order chi connectivity index (χ0) is 17.1. The van der Waals surface area contributed by atoms with Crippen LogP contribution < -0.4 is 0 Å². The molecule has 25 heavy (non-hydrogen) atoms. The van der Waals surface area contributed by atoms with Gasteiger partial charge in [0.2, 0.25) is 0 Å². The summed E-state index contributed by atoms with van der Waals surface area (Å²) in [7, 11) is 0. The van der Waals surface area contributed by atoms with Crippen molar-refractivity contribution in [1.29, 1.82) is 0 Å². The first-order chi connectivity index (χ1) is 12.3. The van der Waals surface area contributed by atoms with Gasteiger partial charge in [-0.3, -0.25) is 9.88 Å². The molecule has 2 aromatic heterocycles. The topological polar surface area (TPSA) is 16.1 Å². The molecule has 0 unspecified atom stereocenters. The minimum absolute atomic E-state index is 0.959. The van der Waals surface area contributed by atoms with Gasteiger partial charge in [-0.05, 0) is 47.6 Å². The minimum atomic E-state index is 0.959. The molecular formula is C22H22N2S. The fourth-order valence-corrected chi connectivity index (χ4v) is 4.15. The molecule has 1 aliphatic heterocycles. The van der Waals surface area contributed by atoms with Crippen molar-refractivity contribution in [3.05, 3.63) is 82.3 Å². The molecule has 0 spiro atoms. The quantitative estimate of drug-likeness (QED) is 0.628. The van der Waals surface area contributed by atoms with Crippen LogP contribution in [0.3, 0.4) is 0 Å². The van der Waals surface area contributed by atoms with Gasteiger partial charge in [0.25, 0.3) is 0 Å². The van der Waals surface area contributed by atoms with Crippen molar-refractivity contribution in [2.24, 2.45) is 0 Å². The van der Waals surface area contributed by atoms with E-state index in [9.17, 15) is 0 Å². The lowest BCUT2D eigenvalue weighted by Gasteiger charge is -2.26. The van der Waals surface area contributed by atoms with E-state index in [2.05, 4.69) is 70.7 Å². The van der Waals surface area contributed by atoms with E-state index in [0.717, 1.165) is 26.1 Å². The SMILES string of the molecule is Cc1cccc(-c2cncc(CN3CC=C(c4cccs4)CC3)c2)c1. The molecule has 0 amide bonds. The van der Waals surface area contributed by atoms with Crippen LogP contribution in [0.1, 0.15) is 22.4 Å². The van der Waals surface area contributed by atoms with Gasteiger partial charge in [0, 0.05) is 42.5 Å². The second kappa shape index (κ2) is 7.34. The largest absolute Gasteiger partial charge is 0.295 e. The number of hydrogen-bond acceptors (Lipinski definition) is 3. The molecule has 4 rings (SSSR count). The van der Waals surface area contributed by atoms with Crippen LogP contribution in [0, 0.1) is 6.92 Å². The second-order valence-corrected chi connectivity index (χ2v) is 7.59.